The molecule has 24 heavy (non-hydrogen) atoms. The zero-order chi connectivity index (χ0) is 17.6. The Morgan fingerprint density at radius 1 is 1.12 bits per heavy atom. The molecule has 2 N–H and O–H groups in total. The first-order chi connectivity index (χ1) is 11.3. The van der Waals surface area contributed by atoms with Crippen LogP contribution in [0, 0.1) is 27.7 Å². The Labute approximate surface area is 140 Å². The molecular formula is C18H20N4O2. The van der Waals surface area contributed by atoms with Crippen molar-refractivity contribution in [3.8, 4) is 11.4 Å². The topological polar surface area (TPSA) is 83.0 Å². The summed E-state index contributed by atoms with van der Waals surface area (Å²) in [6.07, 6.45) is 1.71. The predicted octanol–water partition coefficient (Wildman–Crippen LogP) is 2.76. The van der Waals surface area contributed by atoms with E-state index in [2.05, 4.69) is 9.97 Å². The van der Waals surface area contributed by atoms with E-state index >= 15 is 0 Å². The molecule has 0 bridgehead atoms. The van der Waals surface area contributed by atoms with Gasteiger partial charge in [0.05, 0.1) is 29.7 Å². The number of hydrogen-bond donors (Lipinski definition) is 1. The summed E-state index contributed by atoms with van der Waals surface area (Å²) in [5, 5.41) is 0. The second kappa shape index (κ2) is 5.63. The standard InChI is InChI=1S/C18H20N4O2/c1-9-6-7-14(24-5)10(2)16(9)22-8-13(17(19)23)15-18(22)21-12(4)11(3)20-15/h6-8H,1-5H3,(H2,19,23). The monoisotopic (exact) mass is 324 g/mol. The van der Waals surface area contributed by atoms with Gasteiger partial charge in [-0.1, -0.05) is 6.07 Å². The van der Waals surface area contributed by atoms with E-state index in [9.17, 15) is 4.79 Å². The highest BCUT2D eigenvalue weighted by Crippen LogP contribution is 2.31. The van der Waals surface area contributed by atoms with Crippen molar-refractivity contribution in [1.29, 1.82) is 0 Å². The SMILES string of the molecule is COc1ccc(C)c(-n2cc(C(N)=O)c3nc(C)c(C)nc32)c1C. The molecule has 0 saturated heterocycles. The average molecular weight is 324 g/mol. The van der Waals surface area contributed by atoms with E-state index < -0.39 is 5.91 Å². The molecule has 3 aromatic rings. The number of nitrogens with zero attached hydrogens (tertiary/aromatic N) is 3. The lowest BCUT2D eigenvalue weighted by molar-refractivity contribution is 0.100. The molecule has 0 aliphatic heterocycles. The number of nitrogens with two attached hydrogens (primary N) is 1. The summed E-state index contributed by atoms with van der Waals surface area (Å²) < 4.78 is 7.31. The van der Waals surface area contributed by atoms with E-state index in [0.29, 0.717) is 16.7 Å². The number of carbonyl (C=O) groups is 1. The summed E-state index contributed by atoms with van der Waals surface area (Å²) in [4.78, 5) is 21.0. The molecule has 2 heterocycles. The van der Waals surface area contributed by atoms with Crippen molar-refractivity contribution in [2.45, 2.75) is 27.7 Å². The Bertz CT molecular complexity index is 973. The highest BCUT2D eigenvalue weighted by Gasteiger charge is 2.20. The molecule has 0 saturated carbocycles. The molecule has 2 aromatic heterocycles. The van der Waals surface area contributed by atoms with Gasteiger partial charge in [0.25, 0.3) is 5.91 Å². The first-order valence-electron chi connectivity index (χ1n) is 7.65. The summed E-state index contributed by atoms with van der Waals surface area (Å²) in [5.74, 6) is 0.254. The molecule has 3 rings (SSSR count). The van der Waals surface area contributed by atoms with E-state index in [1.54, 1.807) is 13.3 Å². The van der Waals surface area contributed by atoms with E-state index in [1.165, 1.54) is 0 Å². The molecule has 6 heteroatoms. The second-order valence-corrected chi connectivity index (χ2v) is 5.90. The van der Waals surface area contributed by atoms with Gasteiger partial charge in [-0.05, 0) is 39.3 Å². The van der Waals surface area contributed by atoms with Gasteiger partial charge in [-0.25, -0.2) is 9.97 Å². The molecule has 0 unspecified atom stereocenters. The zero-order valence-corrected chi connectivity index (χ0v) is 14.5. The lowest BCUT2D eigenvalue weighted by Crippen LogP contribution is -2.10. The van der Waals surface area contributed by atoms with E-state index in [-0.39, 0.29) is 0 Å². The van der Waals surface area contributed by atoms with Crippen LogP contribution >= 0.6 is 0 Å². The molecule has 1 aromatic carbocycles. The summed E-state index contributed by atoms with van der Waals surface area (Å²) in [7, 11) is 1.64. The van der Waals surface area contributed by atoms with Crippen molar-refractivity contribution >= 4 is 17.1 Å². The number of ether oxygens (including phenoxy) is 1. The van der Waals surface area contributed by atoms with Crippen LogP contribution in [0.1, 0.15) is 32.9 Å². The average Bonchev–Trinajstić information content (AvgIpc) is 2.87. The summed E-state index contributed by atoms with van der Waals surface area (Å²) in [5.41, 5.74) is 11.6. The van der Waals surface area contributed by atoms with Gasteiger partial charge in [0.1, 0.15) is 11.3 Å². The lowest BCUT2D eigenvalue weighted by atomic mass is 10.1. The maximum absolute atomic E-state index is 11.9. The number of hydrogen-bond acceptors (Lipinski definition) is 4. The van der Waals surface area contributed by atoms with Gasteiger partial charge in [0, 0.05) is 11.8 Å². The van der Waals surface area contributed by atoms with Crippen LogP contribution in [-0.2, 0) is 0 Å². The van der Waals surface area contributed by atoms with Gasteiger partial charge in [0.15, 0.2) is 5.65 Å². The first kappa shape index (κ1) is 16.0. The van der Waals surface area contributed by atoms with Gasteiger partial charge in [-0.2, -0.15) is 0 Å². The van der Waals surface area contributed by atoms with Crippen molar-refractivity contribution in [2.24, 2.45) is 5.73 Å². The van der Waals surface area contributed by atoms with Gasteiger partial charge < -0.3 is 10.5 Å². The quantitative estimate of drug-likeness (QED) is 0.803. The Kier molecular flexibility index (Phi) is 3.75. The molecule has 0 spiro atoms. The second-order valence-electron chi connectivity index (χ2n) is 5.90. The molecule has 0 atom stereocenters. The number of fused-ring (bicyclic) bond motifs is 1. The van der Waals surface area contributed by atoms with Crippen molar-refractivity contribution in [2.75, 3.05) is 7.11 Å². The number of amides is 1. The van der Waals surface area contributed by atoms with Crippen molar-refractivity contribution in [3.05, 3.63) is 46.4 Å². The Morgan fingerprint density at radius 2 is 1.79 bits per heavy atom. The third-order valence-electron chi connectivity index (χ3n) is 4.34. The molecule has 0 radical (unpaired) electrons. The number of carbonyl (C=O) groups excluding carboxylic acids is 1. The molecule has 124 valence electrons. The minimum Gasteiger partial charge on any atom is -0.496 e. The third-order valence-corrected chi connectivity index (χ3v) is 4.34. The Hall–Kier alpha value is -2.89. The number of aromatic nitrogens is 3. The minimum atomic E-state index is -0.519. The smallest absolute Gasteiger partial charge is 0.252 e. The van der Waals surface area contributed by atoms with E-state index in [4.69, 9.17) is 10.5 Å². The summed E-state index contributed by atoms with van der Waals surface area (Å²) in [6.45, 7) is 7.75. The fourth-order valence-corrected chi connectivity index (χ4v) is 2.95. The van der Waals surface area contributed by atoms with Crippen LogP contribution in [-0.4, -0.2) is 27.6 Å². The van der Waals surface area contributed by atoms with Crippen LogP contribution in [0.4, 0.5) is 0 Å². The van der Waals surface area contributed by atoms with Crippen LogP contribution in [0.15, 0.2) is 18.3 Å². The fraction of sp³-hybridized carbons (Fsp3) is 0.278. The minimum absolute atomic E-state index is 0.363. The van der Waals surface area contributed by atoms with Crippen LogP contribution in [0.25, 0.3) is 16.9 Å². The maximum Gasteiger partial charge on any atom is 0.252 e. The maximum atomic E-state index is 11.9. The first-order valence-corrected chi connectivity index (χ1v) is 7.65. The van der Waals surface area contributed by atoms with Crippen LogP contribution < -0.4 is 10.5 Å². The molecular weight excluding hydrogens is 304 g/mol. The predicted molar refractivity (Wildman–Crippen MR) is 92.9 cm³/mol. The van der Waals surface area contributed by atoms with Crippen molar-refractivity contribution in [3.63, 3.8) is 0 Å². The van der Waals surface area contributed by atoms with Gasteiger partial charge in [0.2, 0.25) is 0 Å². The molecule has 0 aliphatic rings. The highest BCUT2D eigenvalue weighted by atomic mass is 16.5. The largest absolute Gasteiger partial charge is 0.496 e. The molecule has 0 aliphatic carbocycles. The van der Waals surface area contributed by atoms with Gasteiger partial charge in [-0.3, -0.25) is 9.36 Å². The number of benzene rings is 1. The normalized spacial score (nSPS) is 11.0. The number of aryl methyl sites for hydroxylation is 3. The molecule has 0 fully saturated rings. The Morgan fingerprint density at radius 3 is 2.42 bits per heavy atom. The number of primary amides is 1. The number of methoxy groups -OCH3 is 1. The molecule has 6 nitrogen and oxygen atoms in total. The lowest BCUT2D eigenvalue weighted by Gasteiger charge is -2.15. The van der Waals surface area contributed by atoms with Crippen LogP contribution in [0.3, 0.4) is 0 Å². The fourth-order valence-electron chi connectivity index (χ4n) is 2.95. The van der Waals surface area contributed by atoms with Gasteiger partial charge >= 0.3 is 0 Å². The molecule has 1 amide bonds. The van der Waals surface area contributed by atoms with Crippen molar-refractivity contribution < 1.29 is 9.53 Å². The third kappa shape index (κ3) is 2.31. The van der Waals surface area contributed by atoms with Crippen LogP contribution in [0.5, 0.6) is 5.75 Å². The summed E-state index contributed by atoms with van der Waals surface area (Å²) in [6, 6.07) is 3.90. The summed E-state index contributed by atoms with van der Waals surface area (Å²) >= 11 is 0. The van der Waals surface area contributed by atoms with Crippen LogP contribution in [0.2, 0.25) is 0 Å². The highest BCUT2D eigenvalue weighted by molar-refractivity contribution is 6.04. The zero-order valence-electron chi connectivity index (χ0n) is 14.5. The Balaban J connectivity index is 2.44. The van der Waals surface area contributed by atoms with E-state index in [1.807, 2.05) is 44.4 Å². The van der Waals surface area contributed by atoms with E-state index in [0.717, 1.165) is 34.0 Å². The van der Waals surface area contributed by atoms with Crippen molar-refractivity contribution in [1.82, 2.24) is 14.5 Å². The number of rotatable bonds is 3. The van der Waals surface area contributed by atoms with Gasteiger partial charge in [-0.15, -0.1) is 0 Å².